The first-order chi connectivity index (χ1) is 9.70. The standard InChI is InChI=1S/C18H26N2/c1-13-8-9-15-17(12-20(2)18(15)10-13)16(11-19)14-6-4-3-5-7-14/h8-10,12,14,16H,3-7,11,19H2,1-2H3. The number of hydrogen-bond acceptors (Lipinski definition) is 1. The van der Waals surface area contributed by atoms with Crippen LogP contribution in [-0.2, 0) is 7.05 Å². The number of nitrogens with zero attached hydrogens (tertiary/aromatic N) is 1. The molecule has 2 nitrogen and oxygen atoms in total. The van der Waals surface area contributed by atoms with Crippen LogP contribution in [0.5, 0.6) is 0 Å². The third-order valence-electron chi connectivity index (χ3n) is 5.05. The second-order valence-electron chi connectivity index (χ2n) is 6.46. The largest absolute Gasteiger partial charge is 0.350 e. The van der Waals surface area contributed by atoms with Gasteiger partial charge in [0, 0.05) is 30.1 Å². The van der Waals surface area contributed by atoms with Crippen molar-refractivity contribution in [2.24, 2.45) is 18.7 Å². The molecule has 2 heteroatoms. The molecule has 1 aliphatic rings. The number of benzene rings is 1. The van der Waals surface area contributed by atoms with Crippen LogP contribution in [0, 0.1) is 12.8 Å². The predicted octanol–water partition coefficient (Wildman–Crippen LogP) is 4.11. The van der Waals surface area contributed by atoms with Crippen molar-refractivity contribution >= 4 is 10.9 Å². The molecule has 3 rings (SSSR count). The summed E-state index contributed by atoms with van der Waals surface area (Å²) in [6.07, 6.45) is 9.18. The third kappa shape index (κ3) is 2.37. The molecule has 0 aliphatic heterocycles. The first-order valence-electron chi connectivity index (χ1n) is 7.96. The second-order valence-corrected chi connectivity index (χ2v) is 6.46. The minimum absolute atomic E-state index is 0.529. The lowest BCUT2D eigenvalue weighted by Crippen LogP contribution is -2.23. The van der Waals surface area contributed by atoms with E-state index in [0.29, 0.717) is 5.92 Å². The van der Waals surface area contributed by atoms with E-state index in [0.717, 1.165) is 12.5 Å². The Morgan fingerprint density at radius 1 is 1.25 bits per heavy atom. The molecular formula is C18H26N2. The molecule has 0 saturated heterocycles. The van der Waals surface area contributed by atoms with E-state index >= 15 is 0 Å². The summed E-state index contributed by atoms with van der Waals surface area (Å²) in [5.41, 5.74) is 10.3. The van der Waals surface area contributed by atoms with E-state index in [1.165, 1.54) is 54.1 Å². The van der Waals surface area contributed by atoms with E-state index < -0.39 is 0 Å². The van der Waals surface area contributed by atoms with Gasteiger partial charge >= 0.3 is 0 Å². The van der Waals surface area contributed by atoms with E-state index in [4.69, 9.17) is 5.73 Å². The van der Waals surface area contributed by atoms with Gasteiger partial charge in [0.1, 0.15) is 0 Å². The third-order valence-corrected chi connectivity index (χ3v) is 5.05. The summed E-state index contributed by atoms with van der Waals surface area (Å²) in [7, 11) is 2.15. The normalized spacial score (nSPS) is 18.6. The fourth-order valence-electron chi connectivity index (χ4n) is 3.93. The number of aryl methyl sites for hydroxylation is 2. The smallest absolute Gasteiger partial charge is 0.0483 e. The molecule has 1 saturated carbocycles. The van der Waals surface area contributed by atoms with Crippen molar-refractivity contribution in [3.8, 4) is 0 Å². The van der Waals surface area contributed by atoms with Crippen LogP contribution in [0.25, 0.3) is 10.9 Å². The van der Waals surface area contributed by atoms with Crippen molar-refractivity contribution in [2.75, 3.05) is 6.54 Å². The van der Waals surface area contributed by atoms with Crippen LogP contribution in [0.1, 0.15) is 49.1 Å². The molecule has 0 radical (unpaired) electrons. The maximum Gasteiger partial charge on any atom is 0.0483 e. The topological polar surface area (TPSA) is 30.9 Å². The van der Waals surface area contributed by atoms with Gasteiger partial charge in [0.25, 0.3) is 0 Å². The predicted molar refractivity (Wildman–Crippen MR) is 86.0 cm³/mol. The summed E-state index contributed by atoms with van der Waals surface area (Å²) in [6, 6.07) is 6.79. The van der Waals surface area contributed by atoms with Gasteiger partial charge in [-0.1, -0.05) is 31.4 Å². The highest BCUT2D eigenvalue weighted by Gasteiger charge is 2.26. The van der Waals surface area contributed by atoms with Crippen LogP contribution in [0.2, 0.25) is 0 Å². The molecule has 1 aromatic heterocycles. The zero-order valence-electron chi connectivity index (χ0n) is 12.7. The van der Waals surface area contributed by atoms with Gasteiger partial charge in [-0.25, -0.2) is 0 Å². The Bertz CT molecular complexity index is 591. The Kier molecular flexibility index (Phi) is 3.84. The van der Waals surface area contributed by atoms with E-state index in [1.807, 2.05) is 0 Å². The van der Waals surface area contributed by atoms with Crippen molar-refractivity contribution in [2.45, 2.75) is 44.9 Å². The van der Waals surface area contributed by atoms with Gasteiger partial charge in [-0.05, 0) is 49.4 Å². The molecule has 108 valence electrons. The molecule has 2 aromatic rings. The van der Waals surface area contributed by atoms with Crippen molar-refractivity contribution in [3.63, 3.8) is 0 Å². The molecule has 20 heavy (non-hydrogen) atoms. The molecule has 0 spiro atoms. The average molecular weight is 270 g/mol. The van der Waals surface area contributed by atoms with Gasteiger partial charge in [0.05, 0.1) is 0 Å². The van der Waals surface area contributed by atoms with Crippen LogP contribution < -0.4 is 5.73 Å². The summed E-state index contributed by atoms with van der Waals surface area (Å²) in [6.45, 7) is 2.94. The SMILES string of the molecule is Cc1ccc2c(C(CN)C3CCCCC3)cn(C)c2c1. The Hall–Kier alpha value is -1.28. The summed E-state index contributed by atoms with van der Waals surface area (Å²) in [5, 5.41) is 1.40. The zero-order valence-corrected chi connectivity index (χ0v) is 12.7. The summed E-state index contributed by atoms with van der Waals surface area (Å²) < 4.78 is 2.27. The van der Waals surface area contributed by atoms with Crippen LogP contribution >= 0.6 is 0 Å². The summed E-state index contributed by atoms with van der Waals surface area (Å²) in [5.74, 6) is 1.31. The summed E-state index contributed by atoms with van der Waals surface area (Å²) in [4.78, 5) is 0. The molecule has 1 heterocycles. The minimum atomic E-state index is 0.529. The number of fused-ring (bicyclic) bond motifs is 1. The lowest BCUT2D eigenvalue weighted by atomic mass is 9.77. The van der Waals surface area contributed by atoms with E-state index in [-0.39, 0.29) is 0 Å². The maximum absolute atomic E-state index is 6.16. The molecule has 1 aliphatic carbocycles. The molecule has 1 unspecified atom stereocenters. The van der Waals surface area contributed by atoms with Crippen LogP contribution in [0.4, 0.5) is 0 Å². The molecule has 0 bridgehead atoms. The Morgan fingerprint density at radius 2 is 2.00 bits per heavy atom. The molecule has 1 fully saturated rings. The molecule has 1 atom stereocenters. The quantitative estimate of drug-likeness (QED) is 0.894. The average Bonchev–Trinajstić information content (AvgIpc) is 2.78. The fourth-order valence-corrected chi connectivity index (χ4v) is 3.93. The number of hydrogen-bond donors (Lipinski definition) is 1. The Morgan fingerprint density at radius 3 is 2.70 bits per heavy atom. The van der Waals surface area contributed by atoms with E-state index in [2.05, 4.69) is 42.9 Å². The summed E-state index contributed by atoms with van der Waals surface area (Å²) >= 11 is 0. The lowest BCUT2D eigenvalue weighted by molar-refractivity contribution is 0.308. The van der Waals surface area contributed by atoms with Gasteiger partial charge in [0.2, 0.25) is 0 Å². The highest BCUT2D eigenvalue weighted by atomic mass is 14.9. The van der Waals surface area contributed by atoms with Gasteiger partial charge in [0.15, 0.2) is 0 Å². The monoisotopic (exact) mass is 270 g/mol. The number of nitrogens with two attached hydrogens (primary N) is 1. The lowest BCUT2D eigenvalue weighted by Gasteiger charge is -2.29. The van der Waals surface area contributed by atoms with Crippen LogP contribution in [0.3, 0.4) is 0 Å². The van der Waals surface area contributed by atoms with Crippen molar-refractivity contribution in [1.82, 2.24) is 4.57 Å². The van der Waals surface area contributed by atoms with E-state index in [1.54, 1.807) is 0 Å². The molecular weight excluding hydrogens is 244 g/mol. The first-order valence-corrected chi connectivity index (χ1v) is 7.96. The Balaban J connectivity index is 2.03. The second kappa shape index (κ2) is 5.61. The first kappa shape index (κ1) is 13.7. The molecule has 0 amide bonds. The highest BCUT2D eigenvalue weighted by molar-refractivity contribution is 5.85. The number of aromatic nitrogens is 1. The number of rotatable bonds is 3. The molecule has 1 aromatic carbocycles. The molecule has 2 N–H and O–H groups in total. The van der Waals surface area contributed by atoms with Gasteiger partial charge in [-0.15, -0.1) is 0 Å². The maximum atomic E-state index is 6.16. The van der Waals surface area contributed by atoms with Crippen LogP contribution in [-0.4, -0.2) is 11.1 Å². The van der Waals surface area contributed by atoms with Gasteiger partial charge < -0.3 is 10.3 Å². The Labute approximate surface area is 122 Å². The fraction of sp³-hybridized carbons (Fsp3) is 0.556. The zero-order chi connectivity index (χ0) is 14.1. The van der Waals surface area contributed by atoms with Crippen molar-refractivity contribution in [3.05, 3.63) is 35.5 Å². The highest BCUT2D eigenvalue weighted by Crippen LogP contribution is 2.38. The minimum Gasteiger partial charge on any atom is -0.350 e. The van der Waals surface area contributed by atoms with Crippen molar-refractivity contribution < 1.29 is 0 Å². The van der Waals surface area contributed by atoms with Gasteiger partial charge in [-0.3, -0.25) is 0 Å². The van der Waals surface area contributed by atoms with E-state index in [9.17, 15) is 0 Å². The van der Waals surface area contributed by atoms with Crippen LogP contribution in [0.15, 0.2) is 24.4 Å². The van der Waals surface area contributed by atoms with Crippen molar-refractivity contribution in [1.29, 1.82) is 0 Å². The van der Waals surface area contributed by atoms with Gasteiger partial charge in [-0.2, -0.15) is 0 Å².